The number of hydrogen-bond donors (Lipinski definition) is 1. The van der Waals surface area contributed by atoms with Crippen LogP contribution in [0.1, 0.15) is 47.0 Å². The molecule has 2 nitrogen and oxygen atoms in total. The van der Waals surface area contributed by atoms with Crippen molar-refractivity contribution < 1.29 is 0 Å². The van der Waals surface area contributed by atoms with Gasteiger partial charge in [0.15, 0.2) is 0 Å². The molecule has 2 atom stereocenters. The van der Waals surface area contributed by atoms with Crippen LogP contribution in [0.25, 0.3) is 0 Å². The predicted octanol–water partition coefficient (Wildman–Crippen LogP) is 2.98. The Morgan fingerprint density at radius 3 is 2.71 bits per heavy atom. The van der Waals surface area contributed by atoms with Crippen molar-refractivity contribution in [2.24, 2.45) is 0 Å². The van der Waals surface area contributed by atoms with Crippen molar-refractivity contribution in [2.75, 3.05) is 31.1 Å². The average Bonchev–Trinajstić information content (AvgIpc) is 2.36. The molecule has 1 fully saturated rings. The van der Waals surface area contributed by atoms with Crippen molar-refractivity contribution in [2.45, 2.75) is 58.5 Å². The number of hydrogen-bond acceptors (Lipinski definition) is 3. The summed E-state index contributed by atoms with van der Waals surface area (Å²) >= 11 is 2.07. The molecule has 1 N–H and O–H groups in total. The molecule has 0 spiro atoms. The average molecular weight is 258 g/mol. The molecular weight excluding hydrogens is 228 g/mol. The van der Waals surface area contributed by atoms with E-state index in [0.717, 1.165) is 6.54 Å². The summed E-state index contributed by atoms with van der Waals surface area (Å²) in [6.07, 6.45) is 3.84. The largest absolute Gasteiger partial charge is 0.311 e. The lowest BCUT2D eigenvalue weighted by molar-refractivity contribution is 0.0485. The molecule has 1 saturated heterocycles. The molecule has 1 aliphatic rings. The number of nitrogens with one attached hydrogen (secondary N) is 1. The highest BCUT2D eigenvalue weighted by Crippen LogP contribution is 2.24. The topological polar surface area (TPSA) is 15.3 Å². The molecule has 0 aromatic rings. The maximum atomic E-state index is 3.69. The minimum Gasteiger partial charge on any atom is -0.311 e. The maximum absolute atomic E-state index is 3.69. The van der Waals surface area contributed by atoms with E-state index in [1.165, 1.54) is 43.9 Å². The van der Waals surface area contributed by atoms with Gasteiger partial charge in [-0.3, -0.25) is 4.90 Å². The van der Waals surface area contributed by atoms with Crippen LogP contribution in [-0.4, -0.2) is 47.6 Å². The van der Waals surface area contributed by atoms with Crippen molar-refractivity contribution in [1.82, 2.24) is 10.2 Å². The summed E-state index contributed by atoms with van der Waals surface area (Å²) in [5.41, 5.74) is 0.378. The summed E-state index contributed by atoms with van der Waals surface area (Å²) < 4.78 is 0. The number of piperazine rings is 1. The standard InChI is InChI=1S/C14H30N2S/c1-5-13-11-16(9-8-10-17-7-3)14(4,6-2)12-15-13/h13,15H,5-12H2,1-4H3. The SMILES string of the molecule is CCSCCCN1CC(CC)NCC1(C)CC. The molecule has 102 valence electrons. The van der Waals surface area contributed by atoms with Gasteiger partial charge in [-0.1, -0.05) is 20.8 Å². The second-order valence-electron chi connectivity index (χ2n) is 5.33. The van der Waals surface area contributed by atoms with Crippen LogP contribution >= 0.6 is 11.8 Å². The van der Waals surface area contributed by atoms with Gasteiger partial charge in [-0.25, -0.2) is 0 Å². The Hall–Kier alpha value is 0.270. The number of nitrogens with zero attached hydrogens (tertiary/aromatic N) is 1. The second kappa shape index (κ2) is 7.65. The minimum absolute atomic E-state index is 0.378. The summed E-state index contributed by atoms with van der Waals surface area (Å²) in [7, 11) is 0. The highest BCUT2D eigenvalue weighted by atomic mass is 32.2. The van der Waals surface area contributed by atoms with Crippen LogP contribution in [-0.2, 0) is 0 Å². The Morgan fingerprint density at radius 2 is 2.12 bits per heavy atom. The van der Waals surface area contributed by atoms with Crippen LogP contribution in [0, 0.1) is 0 Å². The van der Waals surface area contributed by atoms with Crippen LogP contribution in [0.3, 0.4) is 0 Å². The molecule has 1 aliphatic heterocycles. The predicted molar refractivity (Wildman–Crippen MR) is 80.0 cm³/mol. The normalized spacial score (nSPS) is 30.7. The molecular formula is C14H30N2S. The van der Waals surface area contributed by atoms with Crippen LogP contribution in [0.2, 0.25) is 0 Å². The van der Waals surface area contributed by atoms with E-state index in [1.54, 1.807) is 0 Å². The van der Waals surface area contributed by atoms with Crippen LogP contribution < -0.4 is 5.32 Å². The molecule has 1 rings (SSSR count). The van der Waals surface area contributed by atoms with Crippen molar-refractivity contribution >= 4 is 11.8 Å². The monoisotopic (exact) mass is 258 g/mol. The molecule has 17 heavy (non-hydrogen) atoms. The van der Waals surface area contributed by atoms with E-state index in [1.807, 2.05) is 0 Å². The molecule has 0 aromatic carbocycles. The van der Waals surface area contributed by atoms with Gasteiger partial charge in [0.2, 0.25) is 0 Å². The first-order valence-corrected chi connectivity index (χ1v) is 8.38. The fraction of sp³-hybridized carbons (Fsp3) is 1.00. The van der Waals surface area contributed by atoms with Gasteiger partial charge in [0, 0.05) is 24.7 Å². The summed E-state index contributed by atoms with van der Waals surface area (Å²) in [4.78, 5) is 2.73. The van der Waals surface area contributed by atoms with E-state index in [-0.39, 0.29) is 0 Å². The molecule has 0 radical (unpaired) electrons. The number of rotatable bonds is 7. The first-order valence-electron chi connectivity index (χ1n) is 7.22. The molecule has 0 saturated carbocycles. The zero-order chi connectivity index (χ0) is 12.7. The van der Waals surface area contributed by atoms with E-state index in [0.29, 0.717) is 11.6 Å². The summed E-state index contributed by atoms with van der Waals surface area (Å²) in [5, 5.41) is 3.69. The lowest BCUT2D eigenvalue weighted by atomic mass is 9.91. The van der Waals surface area contributed by atoms with E-state index >= 15 is 0 Å². The lowest BCUT2D eigenvalue weighted by Gasteiger charge is -2.48. The highest BCUT2D eigenvalue weighted by Gasteiger charge is 2.35. The van der Waals surface area contributed by atoms with Crippen LogP contribution in [0.15, 0.2) is 0 Å². The fourth-order valence-corrected chi connectivity index (χ4v) is 3.13. The Labute approximate surface area is 112 Å². The molecule has 2 unspecified atom stereocenters. The molecule has 0 amide bonds. The molecule has 0 aromatic heterocycles. The van der Waals surface area contributed by atoms with E-state index in [4.69, 9.17) is 0 Å². The van der Waals surface area contributed by atoms with Gasteiger partial charge in [-0.15, -0.1) is 0 Å². The number of thioether (sulfide) groups is 1. The zero-order valence-corrected chi connectivity index (χ0v) is 12.9. The van der Waals surface area contributed by atoms with Crippen molar-refractivity contribution in [3.8, 4) is 0 Å². The third-order valence-corrected chi connectivity index (χ3v) is 5.14. The van der Waals surface area contributed by atoms with E-state index in [2.05, 4.69) is 49.7 Å². The van der Waals surface area contributed by atoms with Crippen molar-refractivity contribution in [1.29, 1.82) is 0 Å². The highest BCUT2D eigenvalue weighted by molar-refractivity contribution is 7.99. The third kappa shape index (κ3) is 4.46. The van der Waals surface area contributed by atoms with Crippen molar-refractivity contribution in [3.63, 3.8) is 0 Å². The first-order chi connectivity index (χ1) is 8.16. The van der Waals surface area contributed by atoms with E-state index in [9.17, 15) is 0 Å². The van der Waals surface area contributed by atoms with Gasteiger partial charge >= 0.3 is 0 Å². The van der Waals surface area contributed by atoms with Gasteiger partial charge in [-0.2, -0.15) is 11.8 Å². The molecule has 0 bridgehead atoms. The van der Waals surface area contributed by atoms with Gasteiger partial charge in [0.25, 0.3) is 0 Å². The second-order valence-corrected chi connectivity index (χ2v) is 6.73. The Bertz CT molecular complexity index is 210. The van der Waals surface area contributed by atoms with Gasteiger partial charge in [-0.05, 0) is 44.2 Å². The molecule has 0 aliphatic carbocycles. The lowest BCUT2D eigenvalue weighted by Crippen LogP contribution is -2.63. The van der Waals surface area contributed by atoms with E-state index < -0.39 is 0 Å². The minimum atomic E-state index is 0.378. The Balaban J connectivity index is 2.43. The quantitative estimate of drug-likeness (QED) is 0.707. The zero-order valence-electron chi connectivity index (χ0n) is 12.1. The summed E-state index contributed by atoms with van der Waals surface area (Å²) in [6.45, 7) is 12.9. The molecule has 3 heteroatoms. The van der Waals surface area contributed by atoms with Crippen LogP contribution in [0.4, 0.5) is 0 Å². The Kier molecular flexibility index (Phi) is 6.90. The van der Waals surface area contributed by atoms with Gasteiger partial charge < -0.3 is 5.32 Å². The van der Waals surface area contributed by atoms with Crippen LogP contribution in [0.5, 0.6) is 0 Å². The smallest absolute Gasteiger partial charge is 0.0303 e. The molecule has 1 heterocycles. The van der Waals surface area contributed by atoms with Crippen molar-refractivity contribution in [3.05, 3.63) is 0 Å². The van der Waals surface area contributed by atoms with Gasteiger partial charge in [0.05, 0.1) is 0 Å². The fourth-order valence-electron chi connectivity index (χ4n) is 2.51. The first kappa shape index (κ1) is 15.3. The van der Waals surface area contributed by atoms with Gasteiger partial charge in [0.1, 0.15) is 0 Å². The summed E-state index contributed by atoms with van der Waals surface area (Å²) in [6, 6.07) is 0.702. The third-order valence-electron chi connectivity index (χ3n) is 4.15. The summed E-state index contributed by atoms with van der Waals surface area (Å²) in [5.74, 6) is 2.57. The Morgan fingerprint density at radius 1 is 1.35 bits per heavy atom. The maximum Gasteiger partial charge on any atom is 0.0303 e.